The summed E-state index contributed by atoms with van der Waals surface area (Å²) in [6.45, 7) is 2.46. The van der Waals surface area contributed by atoms with Gasteiger partial charge in [0.2, 0.25) is 5.91 Å². The monoisotopic (exact) mass is 367 g/mol. The second-order valence-electron chi connectivity index (χ2n) is 5.73. The van der Waals surface area contributed by atoms with E-state index in [1.807, 2.05) is 4.90 Å². The lowest BCUT2D eigenvalue weighted by Crippen LogP contribution is -2.38. The summed E-state index contributed by atoms with van der Waals surface area (Å²) in [6, 6.07) is 4.55. The van der Waals surface area contributed by atoms with Crippen molar-refractivity contribution in [2.24, 2.45) is 0 Å². The Morgan fingerprint density at radius 2 is 2.08 bits per heavy atom. The smallest absolute Gasteiger partial charge is 0.365 e. The number of benzene rings is 1. The molecule has 0 unspecified atom stereocenters. The molecule has 3 rings (SSSR count). The fourth-order valence-corrected chi connectivity index (χ4v) is 3.70. The molecule has 1 aliphatic rings. The van der Waals surface area contributed by atoms with Crippen molar-refractivity contribution in [2.45, 2.75) is 13.6 Å². The van der Waals surface area contributed by atoms with Crippen molar-refractivity contribution < 1.29 is 17.9 Å². The molecule has 0 bridgehead atoms. The first-order valence-corrected chi connectivity index (χ1v) is 9.28. The topological polar surface area (TPSA) is 84.5 Å². The molecule has 0 aliphatic carbocycles. The van der Waals surface area contributed by atoms with Crippen molar-refractivity contribution in [3.05, 3.63) is 40.6 Å². The summed E-state index contributed by atoms with van der Waals surface area (Å²) in [6.07, 6.45) is 1.43. The third-order valence-electron chi connectivity index (χ3n) is 3.95. The predicted octanol–water partition coefficient (Wildman–Crippen LogP) is 0.910. The fraction of sp³-hybridized carbons (Fsp3) is 0.375. The minimum absolute atomic E-state index is 0.0239. The molecule has 1 amide bonds. The average molecular weight is 367 g/mol. The van der Waals surface area contributed by atoms with Crippen LogP contribution >= 0.6 is 0 Å². The minimum atomic E-state index is -0.832. The lowest BCUT2D eigenvalue weighted by Gasteiger charge is -2.28. The molecule has 9 heteroatoms. The molecular weight excluding hydrogens is 349 g/mol. The molecule has 2 aromatic rings. The van der Waals surface area contributed by atoms with E-state index in [0.29, 0.717) is 35.8 Å². The first-order chi connectivity index (χ1) is 11.9. The van der Waals surface area contributed by atoms with E-state index in [9.17, 15) is 18.2 Å². The quantitative estimate of drug-likeness (QED) is 0.868. The van der Waals surface area contributed by atoms with Crippen molar-refractivity contribution in [2.75, 3.05) is 29.5 Å². The van der Waals surface area contributed by atoms with Crippen LogP contribution in [0.2, 0.25) is 0 Å². The molecule has 1 aromatic heterocycles. The van der Waals surface area contributed by atoms with E-state index < -0.39 is 22.2 Å². The molecule has 0 spiro atoms. The van der Waals surface area contributed by atoms with Crippen molar-refractivity contribution in [3.63, 3.8) is 0 Å². The second-order valence-corrected chi connectivity index (χ2v) is 7.43. The number of hydrogen-bond donors (Lipinski definition) is 1. The fourth-order valence-electron chi connectivity index (χ4n) is 2.65. The Morgan fingerprint density at radius 3 is 2.72 bits per heavy atom. The number of rotatable bonds is 4. The van der Waals surface area contributed by atoms with Crippen molar-refractivity contribution in [1.82, 2.24) is 10.1 Å². The van der Waals surface area contributed by atoms with Gasteiger partial charge in [-0.15, -0.1) is 0 Å². The molecule has 0 atom stereocenters. The maximum Gasteiger partial charge on any atom is 0.365 e. The van der Waals surface area contributed by atoms with Gasteiger partial charge < -0.3 is 14.7 Å². The van der Waals surface area contributed by atoms with Crippen molar-refractivity contribution >= 4 is 22.4 Å². The normalized spacial score (nSPS) is 15.4. The number of carbonyl (C=O) groups is 1. The standard InChI is InChI=1S/C16H18FN3O4S/c1-11(21)18-10-20-9-13(16(22)24-20)12-2-3-15(14(17)8-12)19-4-6-25(23)7-5-19/h2-3,8-9H,4-7,10H2,1H3,(H,18,21). The third kappa shape index (κ3) is 3.98. The molecule has 25 heavy (non-hydrogen) atoms. The van der Waals surface area contributed by atoms with Crippen molar-refractivity contribution in [1.29, 1.82) is 0 Å². The van der Waals surface area contributed by atoms with Gasteiger partial charge in [0.15, 0.2) is 0 Å². The Bertz CT molecular complexity index is 867. The number of halogens is 1. The lowest BCUT2D eigenvalue weighted by molar-refractivity contribution is -0.119. The Labute approximate surface area is 145 Å². The van der Waals surface area contributed by atoms with Gasteiger partial charge in [0.1, 0.15) is 12.5 Å². The average Bonchev–Trinajstić information content (AvgIpc) is 2.95. The molecule has 2 heterocycles. The van der Waals surface area contributed by atoms with E-state index in [0.717, 1.165) is 0 Å². The highest BCUT2D eigenvalue weighted by Crippen LogP contribution is 2.26. The molecule has 7 nitrogen and oxygen atoms in total. The second kappa shape index (κ2) is 7.22. The molecule has 1 aromatic carbocycles. The number of hydrogen-bond acceptors (Lipinski definition) is 5. The zero-order chi connectivity index (χ0) is 18.0. The molecular formula is C16H18FN3O4S. The van der Waals surface area contributed by atoms with Crippen molar-refractivity contribution in [3.8, 4) is 11.1 Å². The number of nitrogens with zero attached hydrogens (tertiary/aromatic N) is 2. The molecule has 0 radical (unpaired) electrons. The van der Waals surface area contributed by atoms with Crippen LogP contribution in [0.5, 0.6) is 0 Å². The molecule has 1 saturated heterocycles. The molecule has 1 fully saturated rings. The van der Waals surface area contributed by atoms with Crippen LogP contribution in [0.25, 0.3) is 11.1 Å². The first kappa shape index (κ1) is 17.4. The van der Waals surface area contributed by atoms with Gasteiger partial charge in [0.05, 0.1) is 17.4 Å². The number of carbonyl (C=O) groups excluding carboxylic acids is 1. The molecule has 0 saturated carbocycles. The van der Waals surface area contributed by atoms with E-state index in [-0.39, 0.29) is 18.1 Å². The number of aromatic nitrogens is 1. The first-order valence-electron chi connectivity index (χ1n) is 7.79. The summed E-state index contributed by atoms with van der Waals surface area (Å²) in [5, 5.41) is 2.51. The Hall–Kier alpha value is -2.42. The molecule has 1 aliphatic heterocycles. The molecule has 1 N–H and O–H groups in total. The van der Waals surface area contributed by atoms with E-state index in [1.54, 1.807) is 12.1 Å². The summed E-state index contributed by atoms with van der Waals surface area (Å²) >= 11 is 0. The van der Waals surface area contributed by atoms with Crippen LogP contribution in [0.1, 0.15) is 6.92 Å². The zero-order valence-electron chi connectivity index (χ0n) is 13.7. The maximum atomic E-state index is 14.5. The van der Waals surface area contributed by atoms with E-state index in [2.05, 4.69) is 5.32 Å². The van der Waals surface area contributed by atoms with Gasteiger partial charge in [-0.25, -0.2) is 9.18 Å². The van der Waals surface area contributed by atoms with Crippen LogP contribution in [0.3, 0.4) is 0 Å². The van der Waals surface area contributed by atoms with Gasteiger partial charge >= 0.3 is 5.63 Å². The summed E-state index contributed by atoms with van der Waals surface area (Å²) < 4.78 is 32.1. The highest BCUT2D eigenvalue weighted by Gasteiger charge is 2.19. The van der Waals surface area contributed by atoms with Crippen LogP contribution in [0, 0.1) is 5.82 Å². The van der Waals surface area contributed by atoms with Gasteiger partial charge in [-0.05, 0) is 17.7 Å². The van der Waals surface area contributed by atoms with Gasteiger partial charge in [0, 0.05) is 42.3 Å². The number of nitrogens with one attached hydrogen (secondary N) is 1. The van der Waals surface area contributed by atoms with Gasteiger partial charge in [0.25, 0.3) is 0 Å². The van der Waals surface area contributed by atoms with Crippen LogP contribution in [-0.2, 0) is 22.3 Å². The SMILES string of the molecule is CC(=O)NCn1cc(-c2ccc(N3CCS(=O)CC3)c(F)c2)c(=O)o1. The Morgan fingerprint density at radius 1 is 1.36 bits per heavy atom. The number of anilines is 1. The van der Waals surface area contributed by atoms with E-state index in [4.69, 9.17) is 4.52 Å². The summed E-state index contributed by atoms with van der Waals surface area (Å²) in [4.78, 5) is 24.7. The lowest BCUT2D eigenvalue weighted by atomic mass is 10.1. The Kier molecular flexibility index (Phi) is 5.03. The van der Waals surface area contributed by atoms with Gasteiger partial charge in [-0.3, -0.25) is 9.00 Å². The summed E-state index contributed by atoms with van der Waals surface area (Å²) in [5.74, 6) is 0.350. The predicted molar refractivity (Wildman–Crippen MR) is 92.3 cm³/mol. The van der Waals surface area contributed by atoms with Crippen LogP contribution in [-0.4, -0.2) is 39.5 Å². The largest absolute Gasteiger partial charge is 0.367 e. The third-order valence-corrected chi connectivity index (χ3v) is 5.23. The minimum Gasteiger partial charge on any atom is -0.367 e. The summed E-state index contributed by atoms with van der Waals surface area (Å²) in [5.41, 5.74) is 0.445. The number of amides is 1. The zero-order valence-corrected chi connectivity index (χ0v) is 14.5. The Balaban J connectivity index is 1.82. The highest BCUT2D eigenvalue weighted by atomic mass is 32.2. The van der Waals surface area contributed by atoms with Crippen LogP contribution in [0.15, 0.2) is 33.7 Å². The maximum absolute atomic E-state index is 14.5. The van der Waals surface area contributed by atoms with E-state index in [1.165, 1.54) is 23.9 Å². The molecule has 134 valence electrons. The van der Waals surface area contributed by atoms with E-state index >= 15 is 0 Å². The van der Waals surface area contributed by atoms with Gasteiger partial charge in [-0.1, -0.05) is 6.07 Å². The summed E-state index contributed by atoms with van der Waals surface area (Å²) in [7, 11) is -0.832. The van der Waals surface area contributed by atoms with Crippen LogP contribution in [0.4, 0.5) is 10.1 Å². The van der Waals surface area contributed by atoms with Crippen LogP contribution < -0.4 is 15.8 Å². The van der Waals surface area contributed by atoms with Gasteiger partial charge in [-0.2, -0.15) is 4.74 Å². The highest BCUT2D eigenvalue weighted by molar-refractivity contribution is 7.85.